The molecule has 0 fully saturated rings. The molecule has 0 bridgehead atoms. The summed E-state index contributed by atoms with van der Waals surface area (Å²) < 4.78 is 47.3. The molecule has 0 saturated carbocycles. The van der Waals surface area contributed by atoms with Crippen LogP contribution in [0.25, 0.3) is 0 Å². The molecule has 1 aromatic heterocycles. The van der Waals surface area contributed by atoms with Crippen molar-refractivity contribution < 1.29 is 17.9 Å². The van der Waals surface area contributed by atoms with Crippen molar-refractivity contribution in [2.45, 2.75) is 19.5 Å². The molecule has 9 heteroatoms. The lowest BCUT2D eigenvalue weighted by atomic mass is 10.2. The monoisotopic (exact) mass is 528 g/mol. The van der Waals surface area contributed by atoms with Crippen molar-refractivity contribution >= 4 is 45.7 Å². The first-order chi connectivity index (χ1) is 14.3. The summed E-state index contributed by atoms with van der Waals surface area (Å²) in [5, 5.41) is 2.95. The third-order valence-electron chi connectivity index (χ3n) is 4.19. The Kier molecular flexibility index (Phi) is 7.01. The molecule has 1 heterocycles. The van der Waals surface area contributed by atoms with Crippen LogP contribution in [0.2, 0.25) is 0 Å². The summed E-state index contributed by atoms with van der Waals surface area (Å²) in [6.07, 6.45) is -2.92. The predicted molar refractivity (Wildman–Crippen MR) is 120 cm³/mol. The Hall–Kier alpha value is -2.56. The van der Waals surface area contributed by atoms with Gasteiger partial charge in [-0.05, 0) is 77.5 Å². The molecule has 0 unspecified atom stereocenters. The first-order valence-corrected chi connectivity index (χ1v) is 10.3. The summed E-state index contributed by atoms with van der Waals surface area (Å²) >= 11 is 2.17. The Labute approximate surface area is 186 Å². The molecule has 5 nitrogen and oxygen atoms in total. The highest BCUT2D eigenvalue weighted by molar-refractivity contribution is 14.1. The van der Waals surface area contributed by atoms with Crippen LogP contribution >= 0.6 is 22.6 Å². The largest absolute Gasteiger partial charge is 0.494 e. The van der Waals surface area contributed by atoms with Crippen molar-refractivity contribution in [2.75, 3.05) is 23.9 Å². The minimum absolute atomic E-state index is 0.0777. The Balaban J connectivity index is 1.92. The van der Waals surface area contributed by atoms with Gasteiger partial charge in [-0.3, -0.25) is 0 Å². The molecule has 3 aromatic rings. The lowest BCUT2D eigenvalue weighted by Crippen LogP contribution is -2.19. The van der Waals surface area contributed by atoms with Gasteiger partial charge in [0.25, 0.3) is 0 Å². The van der Waals surface area contributed by atoms with Gasteiger partial charge >= 0.3 is 6.18 Å². The van der Waals surface area contributed by atoms with E-state index in [1.54, 1.807) is 36.4 Å². The molecule has 30 heavy (non-hydrogen) atoms. The molecule has 2 aromatic carbocycles. The zero-order valence-corrected chi connectivity index (χ0v) is 18.5. The number of nitrogens with zero attached hydrogens (tertiary/aromatic N) is 3. The van der Waals surface area contributed by atoms with E-state index in [2.05, 4.69) is 37.9 Å². The van der Waals surface area contributed by atoms with Gasteiger partial charge in [-0.15, -0.1) is 0 Å². The maximum atomic E-state index is 13.6. The minimum Gasteiger partial charge on any atom is -0.494 e. The fourth-order valence-corrected chi connectivity index (χ4v) is 3.02. The molecular formula is C21H20F3IN4O. The van der Waals surface area contributed by atoms with Crippen LogP contribution in [0.5, 0.6) is 5.75 Å². The maximum absolute atomic E-state index is 13.6. The maximum Gasteiger partial charge on any atom is 0.421 e. The van der Waals surface area contributed by atoms with Crippen LogP contribution in [-0.4, -0.2) is 23.6 Å². The van der Waals surface area contributed by atoms with Crippen molar-refractivity contribution in [2.24, 2.45) is 0 Å². The predicted octanol–water partition coefficient (Wildman–Crippen LogP) is 6.40. The first kappa shape index (κ1) is 22.1. The van der Waals surface area contributed by atoms with Gasteiger partial charge in [-0.2, -0.15) is 18.2 Å². The van der Waals surface area contributed by atoms with Gasteiger partial charge in [0, 0.05) is 28.2 Å². The quantitative estimate of drug-likeness (QED) is 0.360. The van der Waals surface area contributed by atoms with E-state index in [4.69, 9.17) is 4.74 Å². The van der Waals surface area contributed by atoms with Crippen molar-refractivity contribution in [3.63, 3.8) is 0 Å². The van der Waals surface area contributed by atoms with Crippen molar-refractivity contribution in [1.82, 2.24) is 9.97 Å². The summed E-state index contributed by atoms with van der Waals surface area (Å²) in [4.78, 5) is 9.39. The molecule has 0 saturated heterocycles. The Morgan fingerprint density at radius 1 is 1.07 bits per heavy atom. The topological polar surface area (TPSA) is 50.3 Å². The summed E-state index contributed by atoms with van der Waals surface area (Å²) in [7, 11) is 1.54. The number of ether oxygens (including phenoxy) is 1. The standard InChI is InChI=1S/C21H20F3IN4O/c1-3-12-30-17-10-8-16(9-11-17)29(2)19-18(21(22,23)24)13-26-20(28-19)27-15-6-4-14(25)5-7-15/h4-11,13H,3,12H2,1-2H3,(H,26,27,28). The number of hydrogen-bond acceptors (Lipinski definition) is 5. The molecule has 0 aliphatic carbocycles. The summed E-state index contributed by atoms with van der Waals surface area (Å²) in [6.45, 7) is 2.57. The SMILES string of the molecule is CCCOc1ccc(N(C)c2nc(Nc3ccc(I)cc3)ncc2C(F)(F)F)cc1. The van der Waals surface area contributed by atoms with Crippen molar-refractivity contribution in [3.8, 4) is 5.75 Å². The Morgan fingerprint density at radius 3 is 2.33 bits per heavy atom. The van der Waals surface area contributed by atoms with Gasteiger partial charge in [0.15, 0.2) is 5.82 Å². The molecule has 0 aliphatic heterocycles. The van der Waals surface area contributed by atoms with Gasteiger partial charge < -0.3 is 15.0 Å². The number of anilines is 4. The second-order valence-electron chi connectivity index (χ2n) is 6.46. The number of benzene rings is 2. The molecule has 0 amide bonds. The van der Waals surface area contributed by atoms with Crippen LogP contribution in [0.1, 0.15) is 18.9 Å². The van der Waals surface area contributed by atoms with Crippen LogP contribution in [0.15, 0.2) is 54.7 Å². The minimum atomic E-state index is -4.59. The normalized spacial score (nSPS) is 11.3. The highest BCUT2D eigenvalue weighted by atomic mass is 127. The average Bonchev–Trinajstić information content (AvgIpc) is 2.73. The number of halogens is 4. The molecule has 158 valence electrons. The first-order valence-electron chi connectivity index (χ1n) is 9.21. The van der Waals surface area contributed by atoms with E-state index in [1.165, 1.54) is 11.9 Å². The number of nitrogens with one attached hydrogen (secondary N) is 1. The zero-order valence-electron chi connectivity index (χ0n) is 16.4. The molecule has 0 radical (unpaired) electrons. The van der Waals surface area contributed by atoms with Gasteiger partial charge in [0.2, 0.25) is 5.95 Å². The summed E-state index contributed by atoms with van der Waals surface area (Å²) in [5.74, 6) is 0.496. The molecule has 0 atom stereocenters. The average molecular weight is 528 g/mol. The van der Waals surface area contributed by atoms with Crippen molar-refractivity contribution in [3.05, 3.63) is 63.9 Å². The van der Waals surface area contributed by atoms with E-state index >= 15 is 0 Å². The van der Waals surface area contributed by atoms with Crippen LogP contribution < -0.4 is 15.0 Å². The van der Waals surface area contributed by atoms with E-state index in [0.717, 1.165) is 16.2 Å². The second kappa shape index (κ2) is 9.50. The highest BCUT2D eigenvalue weighted by Gasteiger charge is 2.36. The van der Waals surface area contributed by atoms with Crippen LogP contribution in [0, 0.1) is 3.57 Å². The second-order valence-corrected chi connectivity index (χ2v) is 7.71. The van der Waals surface area contributed by atoms with E-state index in [1.807, 2.05) is 19.1 Å². The number of rotatable bonds is 7. The van der Waals surface area contributed by atoms with Crippen molar-refractivity contribution in [1.29, 1.82) is 0 Å². The lowest BCUT2D eigenvalue weighted by Gasteiger charge is -2.23. The molecule has 3 rings (SSSR count). The van der Waals surface area contributed by atoms with Gasteiger partial charge in [0.05, 0.1) is 6.61 Å². The van der Waals surface area contributed by atoms with E-state index in [9.17, 15) is 13.2 Å². The van der Waals surface area contributed by atoms with E-state index in [-0.39, 0.29) is 11.8 Å². The Bertz CT molecular complexity index is 979. The highest BCUT2D eigenvalue weighted by Crippen LogP contribution is 2.38. The van der Waals surface area contributed by atoms with Crippen LogP contribution in [-0.2, 0) is 6.18 Å². The van der Waals surface area contributed by atoms with Crippen LogP contribution in [0.3, 0.4) is 0 Å². The van der Waals surface area contributed by atoms with Crippen LogP contribution in [0.4, 0.5) is 36.3 Å². The number of hydrogen-bond donors (Lipinski definition) is 1. The zero-order chi connectivity index (χ0) is 21.7. The van der Waals surface area contributed by atoms with E-state index < -0.39 is 11.7 Å². The molecule has 0 aliphatic rings. The fourth-order valence-electron chi connectivity index (χ4n) is 2.66. The molecular weight excluding hydrogens is 508 g/mol. The Morgan fingerprint density at radius 2 is 1.73 bits per heavy atom. The molecule has 1 N–H and O–H groups in total. The molecule has 0 spiro atoms. The fraction of sp³-hybridized carbons (Fsp3) is 0.238. The third kappa shape index (κ3) is 5.53. The van der Waals surface area contributed by atoms with E-state index in [0.29, 0.717) is 23.7 Å². The van der Waals surface area contributed by atoms with Gasteiger partial charge in [-0.1, -0.05) is 6.92 Å². The summed E-state index contributed by atoms with van der Waals surface area (Å²) in [6, 6.07) is 14.2. The lowest BCUT2D eigenvalue weighted by molar-refractivity contribution is -0.137. The smallest absolute Gasteiger partial charge is 0.421 e. The van der Waals surface area contributed by atoms with Gasteiger partial charge in [0.1, 0.15) is 11.3 Å². The van der Waals surface area contributed by atoms with Gasteiger partial charge in [-0.25, -0.2) is 4.98 Å². The third-order valence-corrected chi connectivity index (χ3v) is 4.91. The summed E-state index contributed by atoms with van der Waals surface area (Å²) in [5.41, 5.74) is 0.314. The number of alkyl halides is 3. The number of aromatic nitrogens is 2.